The summed E-state index contributed by atoms with van der Waals surface area (Å²) in [6, 6.07) is 4.11. The lowest BCUT2D eigenvalue weighted by Gasteiger charge is -2.35. The van der Waals surface area contributed by atoms with E-state index in [0.29, 0.717) is 12.8 Å². The van der Waals surface area contributed by atoms with Gasteiger partial charge in [0.2, 0.25) is 5.91 Å². The van der Waals surface area contributed by atoms with Crippen LogP contribution in [0.2, 0.25) is 0 Å². The smallest absolute Gasteiger partial charge is 0.303 e. The summed E-state index contributed by atoms with van der Waals surface area (Å²) in [4.78, 5) is 25.6. The molecular formula is C20H25NO4. The molecule has 1 fully saturated rings. The molecule has 1 unspecified atom stereocenters. The highest BCUT2D eigenvalue weighted by Gasteiger charge is 2.27. The highest BCUT2D eigenvalue weighted by Crippen LogP contribution is 2.28. The quantitative estimate of drug-likeness (QED) is 0.895. The van der Waals surface area contributed by atoms with Gasteiger partial charge in [0, 0.05) is 30.0 Å². The number of benzene rings is 1. The van der Waals surface area contributed by atoms with Crippen LogP contribution in [-0.2, 0) is 16.0 Å². The molecule has 0 spiro atoms. The molecular weight excluding hydrogens is 318 g/mol. The molecule has 0 saturated carbocycles. The number of carboxylic acid groups (broad SMARTS) is 1. The molecule has 3 rings (SSSR count). The number of amides is 1. The average molecular weight is 343 g/mol. The zero-order valence-corrected chi connectivity index (χ0v) is 14.9. The van der Waals surface area contributed by atoms with Gasteiger partial charge in [-0.05, 0) is 50.7 Å². The number of piperidine rings is 1. The van der Waals surface area contributed by atoms with Gasteiger partial charge in [-0.15, -0.1) is 0 Å². The van der Waals surface area contributed by atoms with Crippen LogP contribution in [0.3, 0.4) is 0 Å². The first-order valence-corrected chi connectivity index (χ1v) is 8.95. The van der Waals surface area contributed by atoms with Gasteiger partial charge in [0.25, 0.3) is 0 Å². The number of likely N-dealkylation sites (tertiary alicyclic amines) is 1. The van der Waals surface area contributed by atoms with E-state index >= 15 is 0 Å². The van der Waals surface area contributed by atoms with E-state index in [-0.39, 0.29) is 18.4 Å². The van der Waals surface area contributed by atoms with Crippen molar-refractivity contribution >= 4 is 22.8 Å². The number of carbonyl (C=O) groups excluding carboxylic acids is 1. The van der Waals surface area contributed by atoms with Gasteiger partial charge in [-0.3, -0.25) is 9.59 Å². The zero-order chi connectivity index (χ0) is 18.0. The maximum Gasteiger partial charge on any atom is 0.303 e. The second-order valence-corrected chi connectivity index (χ2v) is 6.99. The lowest BCUT2D eigenvalue weighted by Crippen LogP contribution is -2.44. The van der Waals surface area contributed by atoms with Crippen molar-refractivity contribution in [1.82, 2.24) is 4.90 Å². The Morgan fingerprint density at radius 3 is 2.84 bits per heavy atom. The summed E-state index contributed by atoms with van der Waals surface area (Å²) in [7, 11) is 0. The number of aliphatic carboxylic acids is 1. The molecule has 1 aromatic heterocycles. The summed E-state index contributed by atoms with van der Waals surface area (Å²) < 4.78 is 5.71. The van der Waals surface area contributed by atoms with Crippen LogP contribution in [0.1, 0.15) is 48.8 Å². The third-order valence-corrected chi connectivity index (χ3v) is 5.32. The molecule has 0 bridgehead atoms. The summed E-state index contributed by atoms with van der Waals surface area (Å²) in [5.41, 5.74) is 4.03. The van der Waals surface area contributed by atoms with Crippen molar-refractivity contribution in [3.8, 4) is 0 Å². The predicted molar refractivity (Wildman–Crippen MR) is 95.6 cm³/mol. The van der Waals surface area contributed by atoms with E-state index in [1.807, 2.05) is 24.8 Å². The second kappa shape index (κ2) is 7.30. The van der Waals surface area contributed by atoms with Crippen LogP contribution >= 0.6 is 0 Å². The molecule has 5 nitrogen and oxygen atoms in total. The third-order valence-electron chi connectivity index (χ3n) is 5.32. The van der Waals surface area contributed by atoms with Gasteiger partial charge in [-0.1, -0.05) is 12.1 Å². The molecule has 1 N–H and O–H groups in total. The van der Waals surface area contributed by atoms with Gasteiger partial charge in [0.15, 0.2) is 0 Å². The van der Waals surface area contributed by atoms with E-state index in [4.69, 9.17) is 9.52 Å². The summed E-state index contributed by atoms with van der Waals surface area (Å²) in [5.74, 6) is -0.735. The van der Waals surface area contributed by atoms with Crippen molar-refractivity contribution in [3.05, 3.63) is 35.1 Å². The molecule has 1 amide bonds. The van der Waals surface area contributed by atoms with Crippen molar-refractivity contribution in [2.24, 2.45) is 0 Å². The fraction of sp³-hybridized carbons (Fsp3) is 0.500. The molecule has 0 aliphatic carbocycles. The largest absolute Gasteiger partial charge is 0.481 e. The summed E-state index contributed by atoms with van der Waals surface area (Å²) in [5, 5.41) is 9.92. The Balaban J connectivity index is 1.76. The molecule has 1 aliphatic heterocycles. The lowest BCUT2D eigenvalue weighted by molar-refractivity contribution is -0.139. The van der Waals surface area contributed by atoms with Crippen LogP contribution in [0.4, 0.5) is 0 Å². The van der Waals surface area contributed by atoms with Crippen LogP contribution in [0, 0.1) is 13.8 Å². The standard InChI is InChI=1S/C20H25NO4/c1-13-6-8-17-15(12-25-20(17)14(13)2)11-18(22)21-10-4-3-5-16(21)7-9-19(23)24/h6,8,12,16H,3-5,7,9-11H2,1-2H3,(H,23,24). The molecule has 1 aromatic carbocycles. The van der Waals surface area contributed by atoms with E-state index < -0.39 is 5.97 Å². The highest BCUT2D eigenvalue weighted by molar-refractivity contribution is 5.89. The minimum Gasteiger partial charge on any atom is -0.481 e. The van der Waals surface area contributed by atoms with E-state index in [0.717, 1.165) is 47.9 Å². The maximum absolute atomic E-state index is 12.9. The number of hydrogen-bond donors (Lipinski definition) is 1. The van der Waals surface area contributed by atoms with Gasteiger partial charge >= 0.3 is 5.97 Å². The fourth-order valence-corrected chi connectivity index (χ4v) is 3.71. The maximum atomic E-state index is 12.9. The van der Waals surface area contributed by atoms with Crippen molar-refractivity contribution < 1.29 is 19.1 Å². The number of rotatable bonds is 5. The van der Waals surface area contributed by atoms with E-state index in [1.54, 1.807) is 6.26 Å². The van der Waals surface area contributed by atoms with E-state index in [9.17, 15) is 9.59 Å². The average Bonchev–Trinajstić information content (AvgIpc) is 3.00. The Kier molecular flexibility index (Phi) is 5.11. The van der Waals surface area contributed by atoms with Crippen LogP contribution in [0.25, 0.3) is 11.0 Å². The van der Waals surface area contributed by atoms with Gasteiger partial charge in [0.1, 0.15) is 5.58 Å². The van der Waals surface area contributed by atoms with Crippen LogP contribution < -0.4 is 0 Å². The SMILES string of the molecule is Cc1ccc2c(CC(=O)N3CCCCC3CCC(=O)O)coc2c1C. The van der Waals surface area contributed by atoms with Crippen molar-refractivity contribution in [2.75, 3.05) is 6.54 Å². The van der Waals surface area contributed by atoms with Crippen molar-refractivity contribution in [2.45, 2.75) is 58.4 Å². The number of carbonyl (C=O) groups is 2. The monoisotopic (exact) mass is 343 g/mol. The highest BCUT2D eigenvalue weighted by atomic mass is 16.4. The number of furan rings is 1. The topological polar surface area (TPSA) is 70.8 Å². The fourth-order valence-electron chi connectivity index (χ4n) is 3.71. The second-order valence-electron chi connectivity index (χ2n) is 6.99. The number of aryl methyl sites for hydroxylation is 2. The normalized spacial score (nSPS) is 17.8. The summed E-state index contributed by atoms with van der Waals surface area (Å²) >= 11 is 0. The van der Waals surface area contributed by atoms with Crippen LogP contribution in [-0.4, -0.2) is 34.5 Å². The Morgan fingerprint density at radius 1 is 1.28 bits per heavy atom. The summed E-state index contributed by atoms with van der Waals surface area (Å²) in [6.45, 7) is 4.79. The molecule has 0 radical (unpaired) electrons. The number of carboxylic acids is 1. The van der Waals surface area contributed by atoms with Gasteiger partial charge in [0.05, 0.1) is 12.7 Å². The number of hydrogen-bond acceptors (Lipinski definition) is 3. The molecule has 1 atom stereocenters. The Hall–Kier alpha value is -2.30. The molecule has 25 heavy (non-hydrogen) atoms. The molecule has 1 aliphatic rings. The van der Waals surface area contributed by atoms with Crippen molar-refractivity contribution in [1.29, 1.82) is 0 Å². The molecule has 1 saturated heterocycles. The first-order valence-electron chi connectivity index (χ1n) is 8.95. The first kappa shape index (κ1) is 17.5. The Morgan fingerprint density at radius 2 is 2.08 bits per heavy atom. The number of fused-ring (bicyclic) bond motifs is 1. The number of nitrogens with zero attached hydrogens (tertiary/aromatic N) is 1. The van der Waals surface area contributed by atoms with Gasteiger partial charge < -0.3 is 14.4 Å². The first-order chi connectivity index (χ1) is 12.0. The van der Waals surface area contributed by atoms with Gasteiger partial charge in [-0.25, -0.2) is 0 Å². The van der Waals surface area contributed by atoms with Crippen molar-refractivity contribution in [3.63, 3.8) is 0 Å². The van der Waals surface area contributed by atoms with Gasteiger partial charge in [-0.2, -0.15) is 0 Å². The molecule has 2 aromatic rings. The van der Waals surface area contributed by atoms with Crippen LogP contribution in [0.5, 0.6) is 0 Å². The Labute approximate surface area is 147 Å². The summed E-state index contributed by atoms with van der Waals surface area (Å²) in [6.07, 6.45) is 5.57. The molecule has 134 valence electrons. The van der Waals surface area contributed by atoms with Crippen LogP contribution in [0.15, 0.2) is 22.8 Å². The Bertz CT molecular complexity index is 792. The minimum absolute atomic E-state index is 0.0412. The predicted octanol–water partition coefficient (Wildman–Crippen LogP) is 3.84. The molecule has 2 heterocycles. The third kappa shape index (κ3) is 3.70. The zero-order valence-electron chi connectivity index (χ0n) is 14.9. The molecule has 5 heteroatoms. The lowest BCUT2D eigenvalue weighted by atomic mass is 9.96. The minimum atomic E-state index is -0.801. The van der Waals surface area contributed by atoms with E-state index in [2.05, 4.69) is 6.07 Å². The van der Waals surface area contributed by atoms with E-state index in [1.165, 1.54) is 5.56 Å².